The molecule has 1 N–H and O–H groups in total. The summed E-state index contributed by atoms with van der Waals surface area (Å²) in [5.74, 6) is 0.857. The molecule has 0 saturated heterocycles. The minimum atomic E-state index is -4.53. The second kappa shape index (κ2) is 5.86. The number of aromatic nitrogens is 2. The molecule has 0 saturated carbocycles. The van der Waals surface area contributed by atoms with Gasteiger partial charge in [-0.3, -0.25) is 9.48 Å². The Labute approximate surface area is 125 Å². The molecular formula is C14H16F3N3O2. The van der Waals surface area contributed by atoms with E-state index in [4.69, 9.17) is 4.42 Å². The van der Waals surface area contributed by atoms with Crippen molar-refractivity contribution in [2.75, 3.05) is 0 Å². The highest BCUT2D eigenvalue weighted by Crippen LogP contribution is 2.29. The summed E-state index contributed by atoms with van der Waals surface area (Å²) in [6.07, 6.45) is -4.53. The molecule has 2 rings (SSSR count). The van der Waals surface area contributed by atoms with Gasteiger partial charge in [0.2, 0.25) is 5.91 Å². The molecule has 0 aromatic carbocycles. The van der Waals surface area contributed by atoms with Crippen molar-refractivity contribution in [2.24, 2.45) is 0 Å². The fraction of sp³-hybridized carbons (Fsp3) is 0.429. The molecule has 2 heterocycles. The number of alkyl halides is 3. The summed E-state index contributed by atoms with van der Waals surface area (Å²) in [6, 6.07) is 3.55. The average molecular weight is 315 g/mol. The van der Waals surface area contributed by atoms with Crippen molar-refractivity contribution >= 4 is 5.91 Å². The van der Waals surface area contributed by atoms with Crippen LogP contribution in [0.2, 0.25) is 0 Å². The van der Waals surface area contributed by atoms with Crippen molar-refractivity contribution in [3.63, 3.8) is 0 Å². The number of halogens is 3. The fourth-order valence-corrected chi connectivity index (χ4v) is 2.03. The van der Waals surface area contributed by atoms with Crippen molar-refractivity contribution in [1.82, 2.24) is 15.1 Å². The van der Waals surface area contributed by atoms with E-state index in [0.717, 1.165) is 16.5 Å². The van der Waals surface area contributed by atoms with Gasteiger partial charge in [0.05, 0.1) is 6.54 Å². The number of nitrogens with zero attached hydrogens (tertiary/aromatic N) is 2. The van der Waals surface area contributed by atoms with Gasteiger partial charge in [0, 0.05) is 5.69 Å². The van der Waals surface area contributed by atoms with E-state index in [9.17, 15) is 18.0 Å². The molecule has 1 atom stereocenters. The summed E-state index contributed by atoms with van der Waals surface area (Å²) in [6.45, 7) is 4.91. The number of rotatable bonds is 4. The van der Waals surface area contributed by atoms with E-state index < -0.39 is 23.8 Å². The molecule has 0 bridgehead atoms. The topological polar surface area (TPSA) is 60.1 Å². The lowest BCUT2D eigenvalue weighted by Crippen LogP contribution is -2.31. The van der Waals surface area contributed by atoms with Crippen LogP contribution in [0.15, 0.2) is 22.6 Å². The van der Waals surface area contributed by atoms with Crippen LogP contribution in [0, 0.1) is 13.8 Å². The van der Waals surface area contributed by atoms with Crippen molar-refractivity contribution in [2.45, 2.75) is 39.5 Å². The third-order valence-corrected chi connectivity index (χ3v) is 3.19. The number of hydrogen-bond donors (Lipinski definition) is 1. The van der Waals surface area contributed by atoms with E-state index in [1.165, 1.54) is 13.8 Å². The normalized spacial score (nSPS) is 13.2. The van der Waals surface area contributed by atoms with Crippen LogP contribution in [0.5, 0.6) is 0 Å². The van der Waals surface area contributed by atoms with E-state index in [1.807, 2.05) is 0 Å². The average Bonchev–Trinajstić information content (AvgIpc) is 3.00. The summed E-state index contributed by atoms with van der Waals surface area (Å²) in [4.78, 5) is 12.0. The first-order chi connectivity index (χ1) is 10.2. The van der Waals surface area contributed by atoms with Gasteiger partial charge >= 0.3 is 6.18 Å². The first-order valence-electron chi connectivity index (χ1n) is 6.65. The maximum absolute atomic E-state index is 12.6. The SMILES string of the molecule is Cc1ccc(CNC(=O)C(C)n2nc(C(F)(F)F)cc2C)o1. The Kier molecular flexibility index (Phi) is 4.30. The van der Waals surface area contributed by atoms with E-state index in [1.54, 1.807) is 19.1 Å². The molecule has 0 spiro atoms. The molecule has 8 heteroatoms. The molecule has 0 aliphatic heterocycles. The van der Waals surface area contributed by atoms with E-state index in [-0.39, 0.29) is 12.2 Å². The van der Waals surface area contributed by atoms with Crippen molar-refractivity contribution in [1.29, 1.82) is 0 Å². The third kappa shape index (κ3) is 3.49. The first kappa shape index (κ1) is 16.1. The van der Waals surface area contributed by atoms with Crippen LogP contribution in [0.4, 0.5) is 13.2 Å². The van der Waals surface area contributed by atoms with Crippen LogP contribution in [0.1, 0.15) is 35.9 Å². The van der Waals surface area contributed by atoms with E-state index >= 15 is 0 Å². The minimum Gasteiger partial charge on any atom is -0.465 e. The molecule has 22 heavy (non-hydrogen) atoms. The van der Waals surface area contributed by atoms with Gasteiger partial charge in [0.1, 0.15) is 17.6 Å². The Balaban J connectivity index is 2.05. The number of aryl methyl sites for hydroxylation is 2. The number of carbonyl (C=O) groups excluding carboxylic acids is 1. The first-order valence-corrected chi connectivity index (χ1v) is 6.65. The molecule has 2 aromatic heterocycles. The molecule has 1 unspecified atom stereocenters. The maximum Gasteiger partial charge on any atom is 0.435 e. The third-order valence-electron chi connectivity index (χ3n) is 3.19. The molecule has 0 radical (unpaired) electrons. The second-order valence-electron chi connectivity index (χ2n) is 5.02. The van der Waals surface area contributed by atoms with E-state index in [0.29, 0.717) is 5.76 Å². The van der Waals surface area contributed by atoms with Gasteiger partial charge in [0.25, 0.3) is 0 Å². The lowest BCUT2D eigenvalue weighted by atomic mass is 10.3. The summed E-state index contributed by atoms with van der Waals surface area (Å²) in [5, 5.41) is 6.08. The lowest BCUT2D eigenvalue weighted by molar-refractivity contribution is -0.142. The molecule has 0 aliphatic carbocycles. The summed E-state index contributed by atoms with van der Waals surface area (Å²) in [7, 11) is 0. The Hall–Kier alpha value is -2.25. The molecule has 5 nitrogen and oxygen atoms in total. The molecule has 2 aromatic rings. The Morgan fingerprint density at radius 1 is 1.41 bits per heavy atom. The second-order valence-corrected chi connectivity index (χ2v) is 5.02. The Bertz CT molecular complexity index is 673. The van der Waals surface area contributed by atoms with Crippen LogP contribution in [-0.4, -0.2) is 15.7 Å². The quantitative estimate of drug-likeness (QED) is 0.943. The van der Waals surface area contributed by atoms with Gasteiger partial charge in [-0.1, -0.05) is 0 Å². The van der Waals surface area contributed by atoms with Crippen molar-refractivity contribution in [3.05, 3.63) is 41.1 Å². The molecule has 120 valence electrons. The van der Waals surface area contributed by atoms with Gasteiger partial charge < -0.3 is 9.73 Å². The maximum atomic E-state index is 12.6. The zero-order valence-electron chi connectivity index (χ0n) is 12.4. The van der Waals surface area contributed by atoms with Crippen LogP contribution in [-0.2, 0) is 17.5 Å². The molecule has 0 aliphatic rings. The highest BCUT2D eigenvalue weighted by molar-refractivity contribution is 5.79. The van der Waals surface area contributed by atoms with Crippen LogP contribution in [0.25, 0.3) is 0 Å². The fourth-order valence-electron chi connectivity index (χ4n) is 2.03. The van der Waals surface area contributed by atoms with Gasteiger partial charge in [-0.05, 0) is 39.0 Å². The highest BCUT2D eigenvalue weighted by Gasteiger charge is 2.35. The van der Waals surface area contributed by atoms with E-state index in [2.05, 4.69) is 10.4 Å². The molecule has 0 fully saturated rings. The number of amides is 1. The smallest absolute Gasteiger partial charge is 0.435 e. The summed E-state index contributed by atoms with van der Waals surface area (Å²) < 4.78 is 44.3. The number of carbonyl (C=O) groups is 1. The zero-order valence-corrected chi connectivity index (χ0v) is 12.4. The van der Waals surface area contributed by atoms with Crippen molar-refractivity contribution in [3.8, 4) is 0 Å². The van der Waals surface area contributed by atoms with Crippen LogP contribution < -0.4 is 5.32 Å². The largest absolute Gasteiger partial charge is 0.465 e. The predicted molar refractivity (Wildman–Crippen MR) is 72.0 cm³/mol. The van der Waals surface area contributed by atoms with Crippen LogP contribution >= 0.6 is 0 Å². The molecular weight excluding hydrogens is 299 g/mol. The minimum absolute atomic E-state index is 0.170. The Morgan fingerprint density at radius 2 is 2.09 bits per heavy atom. The number of hydrogen-bond acceptors (Lipinski definition) is 3. The summed E-state index contributed by atoms with van der Waals surface area (Å²) >= 11 is 0. The van der Waals surface area contributed by atoms with Crippen LogP contribution in [0.3, 0.4) is 0 Å². The standard InChI is InChI=1S/C14H16F3N3O2/c1-8-6-12(14(15,16)17)19-20(8)10(3)13(21)18-7-11-5-4-9(2)22-11/h4-6,10H,7H2,1-3H3,(H,18,21). The number of nitrogens with one attached hydrogen (secondary N) is 1. The monoisotopic (exact) mass is 315 g/mol. The molecule has 1 amide bonds. The van der Waals surface area contributed by atoms with Gasteiger partial charge in [-0.2, -0.15) is 18.3 Å². The highest BCUT2D eigenvalue weighted by atomic mass is 19.4. The van der Waals surface area contributed by atoms with Gasteiger partial charge in [-0.15, -0.1) is 0 Å². The Morgan fingerprint density at radius 3 is 2.59 bits per heavy atom. The number of furan rings is 1. The lowest BCUT2D eigenvalue weighted by Gasteiger charge is -2.14. The predicted octanol–water partition coefficient (Wildman–Crippen LogP) is 2.99. The van der Waals surface area contributed by atoms with Gasteiger partial charge in [0.15, 0.2) is 5.69 Å². The van der Waals surface area contributed by atoms with Crippen molar-refractivity contribution < 1.29 is 22.4 Å². The zero-order chi connectivity index (χ0) is 16.5. The summed E-state index contributed by atoms with van der Waals surface area (Å²) in [5.41, 5.74) is -0.741. The van der Waals surface area contributed by atoms with Gasteiger partial charge in [-0.25, -0.2) is 0 Å².